The quantitative estimate of drug-likeness (QED) is 0.482. The second-order valence-electron chi connectivity index (χ2n) is 7.14. The van der Waals surface area contributed by atoms with Crippen LogP contribution in [0.3, 0.4) is 0 Å². The highest BCUT2D eigenvalue weighted by molar-refractivity contribution is 5.54. The topological polar surface area (TPSA) is 60.6 Å². The summed E-state index contributed by atoms with van der Waals surface area (Å²) < 4.78 is 29.8. The maximum Gasteiger partial charge on any atom is 0.227 e. The SMILES string of the molecule is CCN(CCCc1nc(-c2ccc(C)c(F)c2)no1)Cc1ccc(OC)c(OC)c1. The Morgan fingerprint density at radius 3 is 2.57 bits per heavy atom. The molecule has 1 heterocycles. The standard InChI is InChI=1S/C23H28FN3O3/c1-5-27(15-17-9-11-20(28-3)21(13-17)29-4)12-6-7-22-25-23(26-30-22)18-10-8-16(2)19(24)14-18/h8-11,13-14H,5-7,12,15H2,1-4H3. The van der Waals surface area contributed by atoms with Crippen LogP contribution in [0.15, 0.2) is 40.9 Å². The molecule has 0 N–H and O–H groups in total. The van der Waals surface area contributed by atoms with Crippen LogP contribution in [0.5, 0.6) is 11.5 Å². The minimum Gasteiger partial charge on any atom is -0.493 e. The highest BCUT2D eigenvalue weighted by Crippen LogP contribution is 2.28. The average molecular weight is 413 g/mol. The van der Waals surface area contributed by atoms with Gasteiger partial charge in [0.25, 0.3) is 0 Å². The van der Waals surface area contributed by atoms with Crippen molar-refractivity contribution in [3.8, 4) is 22.9 Å². The first-order chi connectivity index (χ1) is 14.5. The Morgan fingerprint density at radius 1 is 1.07 bits per heavy atom. The molecule has 160 valence electrons. The van der Waals surface area contributed by atoms with Gasteiger partial charge in [-0.05, 0) is 55.8 Å². The molecule has 0 bridgehead atoms. The molecule has 0 aliphatic heterocycles. The van der Waals surface area contributed by atoms with Gasteiger partial charge in [-0.25, -0.2) is 4.39 Å². The third-order valence-corrected chi connectivity index (χ3v) is 5.06. The lowest BCUT2D eigenvalue weighted by Gasteiger charge is -2.20. The van der Waals surface area contributed by atoms with Crippen molar-refractivity contribution in [2.45, 2.75) is 33.2 Å². The molecular weight excluding hydrogens is 385 g/mol. The van der Waals surface area contributed by atoms with Gasteiger partial charge in [-0.2, -0.15) is 4.98 Å². The Balaban J connectivity index is 1.55. The van der Waals surface area contributed by atoms with Gasteiger partial charge in [0, 0.05) is 18.5 Å². The molecule has 0 saturated heterocycles. The van der Waals surface area contributed by atoms with Crippen LogP contribution >= 0.6 is 0 Å². The lowest BCUT2D eigenvalue weighted by molar-refractivity contribution is 0.269. The van der Waals surface area contributed by atoms with Crippen molar-refractivity contribution in [1.29, 1.82) is 0 Å². The Labute approximate surface area is 176 Å². The zero-order valence-corrected chi connectivity index (χ0v) is 17.9. The van der Waals surface area contributed by atoms with E-state index in [0.717, 1.165) is 43.1 Å². The maximum atomic E-state index is 13.8. The maximum absolute atomic E-state index is 13.8. The number of hydrogen-bond acceptors (Lipinski definition) is 6. The normalized spacial score (nSPS) is 11.1. The van der Waals surface area contributed by atoms with Gasteiger partial charge in [0.05, 0.1) is 14.2 Å². The molecular formula is C23H28FN3O3. The van der Waals surface area contributed by atoms with Crippen LogP contribution < -0.4 is 9.47 Å². The smallest absolute Gasteiger partial charge is 0.227 e. The fourth-order valence-corrected chi connectivity index (χ4v) is 3.25. The van der Waals surface area contributed by atoms with E-state index in [0.29, 0.717) is 29.3 Å². The summed E-state index contributed by atoms with van der Waals surface area (Å²) in [6, 6.07) is 10.9. The van der Waals surface area contributed by atoms with E-state index < -0.39 is 0 Å². The van der Waals surface area contributed by atoms with Crippen molar-refractivity contribution in [1.82, 2.24) is 15.0 Å². The van der Waals surface area contributed by atoms with Crippen molar-refractivity contribution < 1.29 is 18.4 Å². The predicted octanol–water partition coefficient (Wildman–Crippen LogP) is 4.66. The first-order valence-electron chi connectivity index (χ1n) is 10.1. The Bertz CT molecular complexity index is 974. The molecule has 0 spiro atoms. The van der Waals surface area contributed by atoms with Crippen molar-refractivity contribution in [3.05, 3.63) is 59.2 Å². The van der Waals surface area contributed by atoms with Crippen molar-refractivity contribution >= 4 is 0 Å². The van der Waals surface area contributed by atoms with Crippen molar-refractivity contribution in [2.24, 2.45) is 0 Å². The lowest BCUT2D eigenvalue weighted by Crippen LogP contribution is -2.24. The van der Waals surface area contributed by atoms with Gasteiger partial charge >= 0.3 is 0 Å². The van der Waals surface area contributed by atoms with Gasteiger partial charge < -0.3 is 14.0 Å². The van der Waals surface area contributed by atoms with Crippen molar-refractivity contribution in [2.75, 3.05) is 27.3 Å². The number of benzene rings is 2. The van der Waals surface area contributed by atoms with E-state index in [2.05, 4.69) is 28.0 Å². The third kappa shape index (κ3) is 5.36. The third-order valence-electron chi connectivity index (χ3n) is 5.06. The van der Waals surface area contributed by atoms with Crippen LogP contribution in [-0.2, 0) is 13.0 Å². The van der Waals surface area contributed by atoms with Gasteiger partial charge in [-0.15, -0.1) is 0 Å². The zero-order chi connectivity index (χ0) is 21.5. The highest BCUT2D eigenvalue weighted by atomic mass is 19.1. The number of hydrogen-bond donors (Lipinski definition) is 0. The molecule has 0 amide bonds. The average Bonchev–Trinajstić information content (AvgIpc) is 3.23. The summed E-state index contributed by atoms with van der Waals surface area (Å²) in [7, 11) is 3.27. The second-order valence-corrected chi connectivity index (χ2v) is 7.14. The molecule has 0 radical (unpaired) electrons. The Kier molecular flexibility index (Phi) is 7.41. The van der Waals surface area contributed by atoms with E-state index in [-0.39, 0.29) is 5.82 Å². The Hall–Kier alpha value is -2.93. The number of ether oxygens (including phenoxy) is 2. The fourth-order valence-electron chi connectivity index (χ4n) is 3.25. The number of rotatable bonds is 10. The highest BCUT2D eigenvalue weighted by Gasteiger charge is 2.12. The molecule has 3 rings (SSSR count). The number of methoxy groups -OCH3 is 2. The van der Waals surface area contributed by atoms with E-state index in [4.69, 9.17) is 14.0 Å². The van der Waals surface area contributed by atoms with Crippen LogP contribution in [-0.4, -0.2) is 42.3 Å². The summed E-state index contributed by atoms with van der Waals surface area (Å²) in [5, 5.41) is 3.99. The largest absolute Gasteiger partial charge is 0.493 e. The molecule has 3 aromatic rings. The fraction of sp³-hybridized carbons (Fsp3) is 0.391. The molecule has 0 fully saturated rings. The number of halogens is 1. The molecule has 0 saturated carbocycles. The molecule has 1 aromatic heterocycles. The van der Waals surface area contributed by atoms with E-state index in [9.17, 15) is 4.39 Å². The van der Waals surface area contributed by atoms with Gasteiger partial charge in [-0.3, -0.25) is 4.90 Å². The molecule has 0 aliphatic rings. The molecule has 6 nitrogen and oxygen atoms in total. The molecule has 0 aliphatic carbocycles. The minimum atomic E-state index is -0.271. The monoisotopic (exact) mass is 413 g/mol. The van der Waals surface area contributed by atoms with Crippen LogP contribution in [0, 0.1) is 12.7 Å². The summed E-state index contributed by atoms with van der Waals surface area (Å²) in [6.07, 6.45) is 1.55. The molecule has 2 aromatic carbocycles. The van der Waals surface area contributed by atoms with Crippen molar-refractivity contribution in [3.63, 3.8) is 0 Å². The van der Waals surface area contributed by atoms with E-state index in [1.54, 1.807) is 33.3 Å². The van der Waals surface area contributed by atoms with Gasteiger partial charge in [-0.1, -0.05) is 30.3 Å². The van der Waals surface area contributed by atoms with Gasteiger partial charge in [0.15, 0.2) is 11.5 Å². The first kappa shape index (κ1) is 21.8. The summed E-state index contributed by atoms with van der Waals surface area (Å²) in [6.45, 7) is 6.49. The van der Waals surface area contributed by atoms with Gasteiger partial charge in [0.1, 0.15) is 5.82 Å². The minimum absolute atomic E-state index is 0.271. The zero-order valence-electron chi connectivity index (χ0n) is 17.9. The van der Waals surface area contributed by atoms with Crippen LogP contribution in [0.1, 0.15) is 30.4 Å². The summed E-state index contributed by atoms with van der Waals surface area (Å²) in [5.41, 5.74) is 2.38. The second kappa shape index (κ2) is 10.2. The molecule has 7 heteroatoms. The summed E-state index contributed by atoms with van der Waals surface area (Å²) in [5.74, 6) is 2.17. The lowest BCUT2D eigenvalue weighted by atomic mass is 10.1. The van der Waals surface area contributed by atoms with E-state index in [1.807, 2.05) is 12.1 Å². The number of nitrogens with zero attached hydrogens (tertiary/aromatic N) is 3. The summed E-state index contributed by atoms with van der Waals surface area (Å²) >= 11 is 0. The van der Waals surface area contributed by atoms with Gasteiger partial charge in [0.2, 0.25) is 11.7 Å². The first-order valence-corrected chi connectivity index (χ1v) is 10.1. The molecule has 0 unspecified atom stereocenters. The molecule has 0 atom stereocenters. The van der Waals surface area contributed by atoms with Crippen LogP contribution in [0.4, 0.5) is 4.39 Å². The van der Waals surface area contributed by atoms with Crippen LogP contribution in [0.25, 0.3) is 11.4 Å². The van der Waals surface area contributed by atoms with Crippen LogP contribution in [0.2, 0.25) is 0 Å². The summed E-state index contributed by atoms with van der Waals surface area (Å²) in [4.78, 5) is 6.75. The Morgan fingerprint density at radius 2 is 1.87 bits per heavy atom. The van der Waals surface area contributed by atoms with E-state index in [1.165, 1.54) is 6.07 Å². The number of aryl methyl sites for hydroxylation is 2. The van der Waals surface area contributed by atoms with E-state index >= 15 is 0 Å². The number of aromatic nitrogens is 2. The predicted molar refractivity (Wildman–Crippen MR) is 113 cm³/mol. The molecule has 30 heavy (non-hydrogen) atoms.